The van der Waals surface area contributed by atoms with Crippen LogP contribution in [0.5, 0.6) is 5.75 Å². The molecule has 7 nitrogen and oxygen atoms in total. The van der Waals surface area contributed by atoms with E-state index in [9.17, 15) is 4.79 Å². The summed E-state index contributed by atoms with van der Waals surface area (Å²) >= 11 is 1.42. The Morgan fingerprint density at radius 1 is 1.32 bits per heavy atom. The van der Waals surface area contributed by atoms with E-state index in [-0.39, 0.29) is 11.2 Å². The van der Waals surface area contributed by atoms with Gasteiger partial charge in [-0.25, -0.2) is 0 Å². The molecule has 0 N–H and O–H groups in total. The number of hydrogen-bond acceptors (Lipinski definition) is 6. The van der Waals surface area contributed by atoms with Gasteiger partial charge in [0, 0.05) is 25.7 Å². The molecule has 8 heteroatoms. The molecule has 1 atom stereocenters. The molecule has 0 unspecified atom stereocenters. The maximum atomic E-state index is 12.5. The van der Waals surface area contributed by atoms with E-state index < -0.39 is 0 Å². The molecule has 0 spiro atoms. The molecule has 25 heavy (non-hydrogen) atoms. The van der Waals surface area contributed by atoms with Gasteiger partial charge in [0.15, 0.2) is 11.0 Å². The zero-order valence-corrected chi connectivity index (χ0v) is 15.5. The highest BCUT2D eigenvalue weighted by atomic mass is 32.2. The van der Waals surface area contributed by atoms with E-state index in [4.69, 9.17) is 9.47 Å². The summed E-state index contributed by atoms with van der Waals surface area (Å²) in [5, 5.41) is 9.02. The molecule has 3 rings (SSSR count). The molecular weight excluding hydrogens is 340 g/mol. The first-order valence-electron chi connectivity index (χ1n) is 8.17. The van der Waals surface area contributed by atoms with Gasteiger partial charge in [-0.2, -0.15) is 0 Å². The van der Waals surface area contributed by atoms with Crippen molar-refractivity contribution < 1.29 is 14.3 Å². The third-order valence-corrected chi connectivity index (χ3v) is 5.24. The molecule has 1 saturated heterocycles. The van der Waals surface area contributed by atoms with Crippen LogP contribution in [0, 0.1) is 0 Å². The highest BCUT2D eigenvalue weighted by molar-refractivity contribution is 8.00. The smallest absolute Gasteiger partial charge is 0.236 e. The maximum absolute atomic E-state index is 12.5. The standard InChI is InChI=1S/C17H22N4O3S/c1-12(16(22)21-7-9-24-10-8-21)25-17-19-18-15(20(17)2)13-5-4-6-14(11-13)23-3/h4-6,11-12H,7-10H2,1-3H3/t12-/m0/s1. The van der Waals surface area contributed by atoms with Crippen LogP contribution in [0.1, 0.15) is 6.92 Å². The number of hydrogen-bond donors (Lipinski definition) is 0. The van der Waals surface area contributed by atoms with Crippen molar-refractivity contribution >= 4 is 17.7 Å². The van der Waals surface area contributed by atoms with E-state index >= 15 is 0 Å². The number of methoxy groups -OCH3 is 1. The fraction of sp³-hybridized carbons (Fsp3) is 0.471. The Bertz CT molecular complexity index is 743. The average molecular weight is 362 g/mol. The van der Waals surface area contributed by atoms with Crippen LogP contribution in [0.2, 0.25) is 0 Å². The quantitative estimate of drug-likeness (QED) is 0.756. The minimum atomic E-state index is -0.223. The van der Waals surface area contributed by atoms with E-state index in [1.54, 1.807) is 7.11 Å². The second-order valence-corrected chi connectivity index (χ2v) is 7.10. The molecule has 1 aliphatic rings. The third-order valence-electron chi connectivity index (χ3n) is 4.12. The minimum Gasteiger partial charge on any atom is -0.497 e. The largest absolute Gasteiger partial charge is 0.497 e. The van der Waals surface area contributed by atoms with Crippen molar-refractivity contribution in [3.63, 3.8) is 0 Å². The van der Waals surface area contributed by atoms with E-state index in [1.165, 1.54) is 11.8 Å². The summed E-state index contributed by atoms with van der Waals surface area (Å²) < 4.78 is 12.5. The van der Waals surface area contributed by atoms with Gasteiger partial charge in [-0.15, -0.1) is 10.2 Å². The normalized spacial score (nSPS) is 15.9. The number of benzene rings is 1. The zero-order chi connectivity index (χ0) is 17.8. The third kappa shape index (κ3) is 3.96. The van der Waals surface area contributed by atoms with Crippen LogP contribution in [0.25, 0.3) is 11.4 Å². The lowest BCUT2D eigenvalue weighted by Crippen LogP contribution is -2.44. The number of carbonyl (C=O) groups is 1. The molecule has 2 aromatic rings. The van der Waals surface area contributed by atoms with E-state index in [2.05, 4.69) is 10.2 Å². The lowest BCUT2D eigenvalue weighted by Gasteiger charge is -2.28. The van der Waals surface area contributed by atoms with Crippen molar-refractivity contribution in [1.29, 1.82) is 0 Å². The molecule has 0 saturated carbocycles. The van der Waals surface area contributed by atoms with Gasteiger partial charge in [0.25, 0.3) is 0 Å². The van der Waals surface area contributed by atoms with Gasteiger partial charge in [0.1, 0.15) is 5.75 Å². The van der Waals surface area contributed by atoms with E-state index in [0.717, 1.165) is 17.1 Å². The van der Waals surface area contributed by atoms with E-state index in [0.29, 0.717) is 31.5 Å². The second-order valence-electron chi connectivity index (χ2n) is 5.79. The minimum absolute atomic E-state index is 0.110. The molecule has 0 aliphatic carbocycles. The summed E-state index contributed by atoms with van der Waals surface area (Å²) in [6.07, 6.45) is 0. The van der Waals surface area contributed by atoms with Crippen molar-refractivity contribution in [2.45, 2.75) is 17.3 Å². The number of nitrogens with zero attached hydrogens (tertiary/aromatic N) is 4. The fourth-order valence-corrected chi connectivity index (χ4v) is 3.58. The van der Waals surface area contributed by atoms with Gasteiger partial charge < -0.3 is 18.9 Å². The molecule has 1 aromatic carbocycles. The van der Waals surface area contributed by atoms with Gasteiger partial charge in [-0.3, -0.25) is 4.79 Å². The van der Waals surface area contributed by atoms with Gasteiger partial charge in [0.05, 0.1) is 25.6 Å². The summed E-state index contributed by atoms with van der Waals surface area (Å²) in [7, 11) is 3.54. The Morgan fingerprint density at radius 2 is 2.08 bits per heavy atom. The first-order chi connectivity index (χ1) is 12.1. The van der Waals surface area contributed by atoms with Crippen LogP contribution >= 0.6 is 11.8 Å². The fourth-order valence-electron chi connectivity index (χ4n) is 2.68. The predicted octanol–water partition coefficient (Wildman–Crippen LogP) is 1.83. The van der Waals surface area contributed by atoms with E-state index in [1.807, 2.05) is 47.7 Å². The van der Waals surface area contributed by atoms with Gasteiger partial charge >= 0.3 is 0 Å². The maximum Gasteiger partial charge on any atom is 0.236 e. The molecule has 134 valence electrons. The van der Waals surface area contributed by atoms with Crippen LogP contribution in [-0.4, -0.2) is 64.2 Å². The lowest BCUT2D eigenvalue weighted by molar-refractivity contribution is -0.134. The number of aromatic nitrogens is 3. The molecular formula is C17H22N4O3S. The Hall–Kier alpha value is -2.06. The topological polar surface area (TPSA) is 69.5 Å². The summed E-state index contributed by atoms with van der Waals surface area (Å²) in [6, 6.07) is 7.68. The molecule has 0 bridgehead atoms. The van der Waals surface area contributed by atoms with Crippen molar-refractivity contribution in [3.05, 3.63) is 24.3 Å². The predicted molar refractivity (Wildman–Crippen MR) is 95.7 cm³/mol. The monoisotopic (exact) mass is 362 g/mol. The summed E-state index contributed by atoms with van der Waals surface area (Å²) in [6.45, 7) is 4.41. The molecule has 0 radical (unpaired) electrons. The molecule has 1 aromatic heterocycles. The molecule has 1 aliphatic heterocycles. The number of morpholine rings is 1. The van der Waals surface area contributed by atoms with Crippen molar-refractivity contribution in [2.24, 2.45) is 7.05 Å². The van der Waals surface area contributed by atoms with Crippen LogP contribution in [0.3, 0.4) is 0 Å². The Balaban J connectivity index is 1.73. The first-order valence-corrected chi connectivity index (χ1v) is 9.05. The van der Waals surface area contributed by atoms with Crippen molar-refractivity contribution in [1.82, 2.24) is 19.7 Å². The molecule has 2 heterocycles. The summed E-state index contributed by atoms with van der Waals surface area (Å²) in [5.74, 6) is 1.62. The second kappa shape index (κ2) is 7.88. The molecule has 1 amide bonds. The van der Waals surface area contributed by atoms with Crippen LogP contribution < -0.4 is 4.74 Å². The van der Waals surface area contributed by atoms with Crippen LogP contribution in [-0.2, 0) is 16.6 Å². The zero-order valence-electron chi connectivity index (χ0n) is 14.6. The Kier molecular flexibility index (Phi) is 5.60. The van der Waals surface area contributed by atoms with Gasteiger partial charge in [0.2, 0.25) is 5.91 Å². The Morgan fingerprint density at radius 3 is 2.80 bits per heavy atom. The number of rotatable bonds is 5. The van der Waals surface area contributed by atoms with Gasteiger partial charge in [-0.05, 0) is 19.1 Å². The average Bonchev–Trinajstić information content (AvgIpc) is 3.02. The highest BCUT2D eigenvalue weighted by Crippen LogP contribution is 2.28. The summed E-state index contributed by atoms with van der Waals surface area (Å²) in [5.41, 5.74) is 0.924. The van der Waals surface area contributed by atoms with Crippen molar-refractivity contribution in [2.75, 3.05) is 33.4 Å². The van der Waals surface area contributed by atoms with Gasteiger partial charge in [-0.1, -0.05) is 23.9 Å². The number of ether oxygens (including phenoxy) is 2. The Labute approximate surface area is 151 Å². The number of amides is 1. The highest BCUT2D eigenvalue weighted by Gasteiger charge is 2.25. The van der Waals surface area contributed by atoms with Crippen molar-refractivity contribution in [3.8, 4) is 17.1 Å². The number of thioether (sulfide) groups is 1. The lowest BCUT2D eigenvalue weighted by atomic mass is 10.2. The SMILES string of the molecule is COc1cccc(-c2nnc(S[C@@H](C)C(=O)N3CCOCC3)n2C)c1. The van der Waals surface area contributed by atoms with Crippen LogP contribution in [0.4, 0.5) is 0 Å². The summed E-state index contributed by atoms with van der Waals surface area (Å²) in [4.78, 5) is 14.4. The number of carbonyl (C=O) groups excluding carboxylic acids is 1. The first kappa shape index (κ1) is 17.8. The molecule has 1 fully saturated rings. The van der Waals surface area contributed by atoms with Crippen LogP contribution in [0.15, 0.2) is 29.4 Å².